The van der Waals surface area contributed by atoms with Crippen molar-refractivity contribution in [2.75, 3.05) is 13.1 Å². The number of hydrogen-bond acceptors (Lipinski definition) is 2. The molecule has 2 rings (SSSR count). The molecule has 3 heteroatoms. The third kappa shape index (κ3) is 3.95. The van der Waals surface area contributed by atoms with Gasteiger partial charge in [-0.1, -0.05) is 44.0 Å². The van der Waals surface area contributed by atoms with Crippen molar-refractivity contribution in [3.63, 3.8) is 0 Å². The first kappa shape index (κ1) is 14.8. The molecular formula is C16H25ClN2. The molecule has 0 aliphatic carbocycles. The zero-order valence-electron chi connectivity index (χ0n) is 12.0. The quantitative estimate of drug-likeness (QED) is 0.911. The van der Waals surface area contributed by atoms with Crippen LogP contribution >= 0.6 is 11.6 Å². The molecule has 1 aliphatic rings. The predicted molar refractivity (Wildman–Crippen MR) is 82.4 cm³/mol. The minimum absolute atomic E-state index is 0.224. The van der Waals surface area contributed by atoms with Gasteiger partial charge in [0.15, 0.2) is 0 Å². The SMILES string of the molecule is CC(C)CN1CCCCC(N)C1c1ccc(Cl)cc1. The molecule has 1 aromatic carbocycles. The number of halogens is 1. The molecule has 0 amide bonds. The van der Waals surface area contributed by atoms with Crippen molar-refractivity contribution in [3.05, 3.63) is 34.9 Å². The summed E-state index contributed by atoms with van der Waals surface area (Å²) < 4.78 is 0. The maximum atomic E-state index is 6.44. The first-order chi connectivity index (χ1) is 9.08. The maximum absolute atomic E-state index is 6.44. The highest BCUT2D eigenvalue weighted by atomic mass is 35.5. The van der Waals surface area contributed by atoms with Crippen LogP contribution in [-0.4, -0.2) is 24.0 Å². The van der Waals surface area contributed by atoms with Gasteiger partial charge >= 0.3 is 0 Å². The van der Waals surface area contributed by atoms with Gasteiger partial charge in [-0.3, -0.25) is 4.90 Å². The highest BCUT2D eigenvalue weighted by Gasteiger charge is 2.28. The number of likely N-dealkylation sites (tertiary alicyclic amines) is 1. The smallest absolute Gasteiger partial charge is 0.0499 e. The van der Waals surface area contributed by atoms with Crippen molar-refractivity contribution in [2.45, 2.75) is 45.2 Å². The fourth-order valence-electron chi connectivity index (χ4n) is 3.05. The van der Waals surface area contributed by atoms with Gasteiger partial charge in [-0.25, -0.2) is 0 Å². The molecular weight excluding hydrogens is 256 g/mol. The second-order valence-corrected chi connectivity index (χ2v) is 6.48. The van der Waals surface area contributed by atoms with Crippen LogP contribution < -0.4 is 5.73 Å². The molecule has 2 nitrogen and oxygen atoms in total. The Kier molecular flexibility index (Phi) is 5.26. The van der Waals surface area contributed by atoms with E-state index >= 15 is 0 Å². The van der Waals surface area contributed by atoms with Crippen LogP contribution in [-0.2, 0) is 0 Å². The zero-order chi connectivity index (χ0) is 13.8. The zero-order valence-corrected chi connectivity index (χ0v) is 12.7. The van der Waals surface area contributed by atoms with Gasteiger partial charge in [0.05, 0.1) is 0 Å². The van der Waals surface area contributed by atoms with Gasteiger partial charge in [0.25, 0.3) is 0 Å². The van der Waals surface area contributed by atoms with E-state index in [1.54, 1.807) is 0 Å². The number of nitrogens with two attached hydrogens (primary N) is 1. The fraction of sp³-hybridized carbons (Fsp3) is 0.625. The Morgan fingerprint density at radius 2 is 1.95 bits per heavy atom. The van der Waals surface area contributed by atoms with Gasteiger partial charge < -0.3 is 5.73 Å². The molecule has 2 N–H and O–H groups in total. The first-order valence-corrected chi connectivity index (χ1v) is 7.71. The van der Waals surface area contributed by atoms with Crippen LogP contribution in [0.15, 0.2) is 24.3 Å². The normalized spacial score (nSPS) is 25.5. The highest BCUT2D eigenvalue weighted by molar-refractivity contribution is 6.30. The van der Waals surface area contributed by atoms with E-state index in [0.717, 1.165) is 24.5 Å². The number of nitrogens with zero attached hydrogens (tertiary/aromatic N) is 1. The predicted octanol–water partition coefficient (Wildman–Crippen LogP) is 3.85. The van der Waals surface area contributed by atoms with Crippen molar-refractivity contribution < 1.29 is 0 Å². The third-order valence-electron chi connectivity index (χ3n) is 3.84. The summed E-state index contributed by atoms with van der Waals surface area (Å²) >= 11 is 6.00. The van der Waals surface area contributed by atoms with Crippen LogP contribution in [0.1, 0.15) is 44.7 Å². The molecule has 1 fully saturated rings. The summed E-state index contributed by atoms with van der Waals surface area (Å²) in [4.78, 5) is 2.56. The lowest BCUT2D eigenvalue weighted by molar-refractivity contribution is 0.165. The number of benzene rings is 1. The van der Waals surface area contributed by atoms with E-state index in [-0.39, 0.29) is 6.04 Å². The molecule has 2 atom stereocenters. The molecule has 0 radical (unpaired) electrons. The van der Waals surface area contributed by atoms with Crippen molar-refractivity contribution in [2.24, 2.45) is 11.7 Å². The summed E-state index contributed by atoms with van der Waals surface area (Å²) in [5.74, 6) is 0.667. The van der Waals surface area contributed by atoms with Gasteiger partial charge in [-0.2, -0.15) is 0 Å². The van der Waals surface area contributed by atoms with Gasteiger partial charge in [0, 0.05) is 23.7 Å². The average Bonchev–Trinajstić information content (AvgIpc) is 2.52. The molecule has 1 aromatic rings. The van der Waals surface area contributed by atoms with E-state index in [1.807, 2.05) is 12.1 Å². The molecule has 0 saturated carbocycles. The molecule has 0 aromatic heterocycles. The summed E-state index contributed by atoms with van der Waals surface area (Å²) in [5, 5.41) is 0.793. The molecule has 1 saturated heterocycles. The summed E-state index contributed by atoms with van der Waals surface area (Å²) in [5.41, 5.74) is 7.75. The summed E-state index contributed by atoms with van der Waals surface area (Å²) in [6.45, 7) is 6.81. The fourth-order valence-corrected chi connectivity index (χ4v) is 3.18. The highest BCUT2D eigenvalue weighted by Crippen LogP contribution is 2.30. The second kappa shape index (κ2) is 6.74. The van der Waals surface area contributed by atoms with Crippen LogP contribution in [0.3, 0.4) is 0 Å². The number of rotatable bonds is 3. The van der Waals surface area contributed by atoms with E-state index in [4.69, 9.17) is 17.3 Å². The summed E-state index contributed by atoms with van der Waals surface area (Å²) in [7, 11) is 0. The summed E-state index contributed by atoms with van der Waals surface area (Å²) in [6, 6.07) is 8.77. The van der Waals surface area contributed by atoms with E-state index in [1.165, 1.54) is 18.4 Å². The van der Waals surface area contributed by atoms with E-state index in [0.29, 0.717) is 12.0 Å². The molecule has 0 spiro atoms. The van der Waals surface area contributed by atoms with Crippen LogP contribution in [0, 0.1) is 5.92 Å². The lowest BCUT2D eigenvalue weighted by atomic mass is 9.96. The first-order valence-electron chi connectivity index (χ1n) is 7.33. The Hall–Kier alpha value is -0.570. The Morgan fingerprint density at radius 1 is 1.26 bits per heavy atom. The number of hydrogen-bond donors (Lipinski definition) is 1. The van der Waals surface area contributed by atoms with Gasteiger partial charge in [-0.15, -0.1) is 0 Å². The Bertz CT molecular complexity index is 388. The van der Waals surface area contributed by atoms with Crippen LogP contribution in [0.25, 0.3) is 0 Å². The molecule has 0 bridgehead atoms. The van der Waals surface area contributed by atoms with Gasteiger partial charge in [0.2, 0.25) is 0 Å². The van der Waals surface area contributed by atoms with E-state index < -0.39 is 0 Å². The maximum Gasteiger partial charge on any atom is 0.0499 e. The van der Waals surface area contributed by atoms with Crippen LogP contribution in [0.4, 0.5) is 0 Å². The molecule has 106 valence electrons. The Morgan fingerprint density at radius 3 is 2.58 bits per heavy atom. The topological polar surface area (TPSA) is 29.3 Å². The van der Waals surface area contributed by atoms with Crippen molar-refractivity contribution in [1.82, 2.24) is 4.90 Å². The lowest BCUT2D eigenvalue weighted by Gasteiger charge is -2.35. The largest absolute Gasteiger partial charge is 0.326 e. The van der Waals surface area contributed by atoms with Crippen molar-refractivity contribution >= 4 is 11.6 Å². The van der Waals surface area contributed by atoms with Crippen LogP contribution in [0.5, 0.6) is 0 Å². The minimum Gasteiger partial charge on any atom is -0.326 e. The van der Waals surface area contributed by atoms with Gasteiger partial charge in [0.1, 0.15) is 0 Å². The lowest BCUT2D eigenvalue weighted by Crippen LogP contribution is -2.41. The third-order valence-corrected chi connectivity index (χ3v) is 4.09. The Balaban J connectivity index is 2.25. The molecule has 2 unspecified atom stereocenters. The molecule has 1 heterocycles. The van der Waals surface area contributed by atoms with Gasteiger partial charge in [-0.05, 0) is 43.0 Å². The monoisotopic (exact) mass is 280 g/mol. The van der Waals surface area contributed by atoms with E-state index in [2.05, 4.69) is 30.9 Å². The van der Waals surface area contributed by atoms with Crippen molar-refractivity contribution in [3.8, 4) is 0 Å². The van der Waals surface area contributed by atoms with Crippen molar-refractivity contribution in [1.29, 1.82) is 0 Å². The minimum atomic E-state index is 0.224. The molecule has 19 heavy (non-hydrogen) atoms. The standard InChI is InChI=1S/C16H25ClN2/c1-12(2)11-19-10-4-3-5-15(18)16(19)13-6-8-14(17)9-7-13/h6-9,12,15-16H,3-5,10-11,18H2,1-2H3. The van der Waals surface area contributed by atoms with Crippen LogP contribution in [0.2, 0.25) is 5.02 Å². The summed E-state index contributed by atoms with van der Waals surface area (Å²) in [6.07, 6.45) is 3.60. The second-order valence-electron chi connectivity index (χ2n) is 6.04. The molecule has 1 aliphatic heterocycles. The Labute approximate surface area is 121 Å². The average molecular weight is 281 g/mol. The van der Waals surface area contributed by atoms with E-state index in [9.17, 15) is 0 Å².